The fourth-order valence-corrected chi connectivity index (χ4v) is 1.16. The second kappa shape index (κ2) is 13.0. The van der Waals surface area contributed by atoms with Crippen LogP contribution in [0.25, 0.3) is 0 Å². The molecule has 0 aromatic heterocycles. The zero-order chi connectivity index (χ0) is 13.7. The quantitative estimate of drug-likeness (QED) is 0.642. The standard InChI is InChI=1S/C7H14O2.C6H12O2/c1-3-4-5-6(2)7(8)9;1-2-3-4-5-6(7)8/h6H,3-5H2,1-2H3,(H,8,9);2-5H2,1H3,(H,7,8). The lowest BCUT2D eigenvalue weighted by Crippen LogP contribution is -2.08. The van der Waals surface area contributed by atoms with Gasteiger partial charge in [-0.3, -0.25) is 9.59 Å². The van der Waals surface area contributed by atoms with Crippen molar-refractivity contribution in [2.24, 2.45) is 5.92 Å². The minimum absolute atomic E-state index is 0.162. The van der Waals surface area contributed by atoms with Crippen molar-refractivity contribution in [3.05, 3.63) is 0 Å². The SMILES string of the molecule is CCCCC(C)C(=O)O.CCCCCC(=O)O. The van der Waals surface area contributed by atoms with Crippen LogP contribution in [0.1, 0.15) is 65.7 Å². The van der Waals surface area contributed by atoms with Crippen molar-refractivity contribution in [2.45, 2.75) is 65.7 Å². The molecule has 0 bridgehead atoms. The maximum atomic E-state index is 10.2. The van der Waals surface area contributed by atoms with Gasteiger partial charge in [-0.2, -0.15) is 0 Å². The smallest absolute Gasteiger partial charge is 0.306 e. The predicted molar refractivity (Wildman–Crippen MR) is 68.1 cm³/mol. The Morgan fingerprint density at radius 3 is 1.88 bits per heavy atom. The highest BCUT2D eigenvalue weighted by molar-refractivity contribution is 5.69. The van der Waals surface area contributed by atoms with Crippen LogP contribution in [0.3, 0.4) is 0 Å². The summed E-state index contributed by atoms with van der Waals surface area (Å²) in [5.74, 6) is -1.52. The van der Waals surface area contributed by atoms with Gasteiger partial charge in [0, 0.05) is 6.42 Å². The Kier molecular flexibility index (Phi) is 14.0. The van der Waals surface area contributed by atoms with Crippen LogP contribution < -0.4 is 0 Å². The highest BCUT2D eigenvalue weighted by Gasteiger charge is 2.08. The van der Waals surface area contributed by atoms with Gasteiger partial charge >= 0.3 is 11.9 Å². The van der Waals surface area contributed by atoms with E-state index in [1.54, 1.807) is 6.92 Å². The number of aliphatic carboxylic acids is 2. The van der Waals surface area contributed by atoms with Crippen molar-refractivity contribution in [1.29, 1.82) is 0 Å². The molecule has 0 spiro atoms. The van der Waals surface area contributed by atoms with Crippen LogP contribution in [0.15, 0.2) is 0 Å². The molecule has 0 radical (unpaired) electrons. The molecule has 0 aromatic carbocycles. The third-order valence-electron chi connectivity index (χ3n) is 2.41. The van der Waals surface area contributed by atoms with Gasteiger partial charge in [-0.05, 0) is 12.8 Å². The Morgan fingerprint density at radius 1 is 1.00 bits per heavy atom. The maximum Gasteiger partial charge on any atom is 0.306 e. The van der Waals surface area contributed by atoms with E-state index >= 15 is 0 Å². The number of carboxylic acids is 2. The number of carbonyl (C=O) groups is 2. The Morgan fingerprint density at radius 2 is 1.53 bits per heavy atom. The number of carboxylic acid groups (broad SMARTS) is 2. The monoisotopic (exact) mass is 246 g/mol. The van der Waals surface area contributed by atoms with Crippen molar-refractivity contribution in [2.75, 3.05) is 0 Å². The van der Waals surface area contributed by atoms with Crippen molar-refractivity contribution in [3.8, 4) is 0 Å². The summed E-state index contributed by atoms with van der Waals surface area (Å²) in [6.07, 6.45) is 6.19. The Hall–Kier alpha value is -1.06. The molecule has 0 aliphatic carbocycles. The molecule has 1 unspecified atom stereocenters. The second-order valence-corrected chi connectivity index (χ2v) is 4.23. The second-order valence-electron chi connectivity index (χ2n) is 4.23. The van der Waals surface area contributed by atoms with Crippen LogP contribution in [-0.2, 0) is 9.59 Å². The lowest BCUT2D eigenvalue weighted by atomic mass is 10.1. The zero-order valence-electron chi connectivity index (χ0n) is 11.2. The normalized spacial score (nSPS) is 11.2. The number of hydrogen-bond acceptors (Lipinski definition) is 2. The number of rotatable bonds is 8. The summed E-state index contributed by atoms with van der Waals surface area (Å²) >= 11 is 0. The highest BCUT2D eigenvalue weighted by atomic mass is 16.4. The fraction of sp³-hybridized carbons (Fsp3) is 0.846. The zero-order valence-corrected chi connectivity index (χ0v) is 11.2. The average molecular weight is 246 g/mol. The molecule has 4 nitrogen and oxygen atoms in total. The van der Waals surface area contributed by atoms with Crippen LogP contribution in [0.5, 0.6) is 0 Å². The Bertz CT molecular complexity index is 202. The topological polar surface area (TPSA) is 74.6 Å². The summed E-state index contributed by atoms with van der Waals surface area (Å²) in [7, 11) is 0. The molecule has 17 heavy (non-hydrogen) atoms. The van der Waals surface area contributed by atoms with Crippen molar-refractivity contribution in [3.63, 3.8) is 0 Å². The molecular weight excluding hydrogens is 220 g/mol. The van der Waals surface area contributed by atoms with E-state index in [0.29, 0.717) is 6.42 Å². The Balaban J connectivity index is 0. The average Bonchev–Trinajstić information content (AvgIpc) is 2.26. The summed E-state index contributed by atoms with van der Waals surface area (Å²) in [6.45, 7) is 5.87. The van der Waals surface area contributed by atoms with Crippen molar-refractivity contribution in [1.82, 2.24) is 0 Å². The van der Waals surface area contributed by atoms with E-state index in [1.165, 1.54) is 0 Å². The number of unbranched alkanes of at least 4 members (excludes halogenated alkanes) is 3. The first-order chi connectivity index (χ1) is 7.95. The van der Waals surface area contributed by atoms with Gasteiger partial charge in [0.05, 0.1) is 5.92 Å². The lowest BCUT2D eigenvalue weighted by molar-refractivity contribution is -0.141. The predicted octanol–water partition coefficient (Wildman–Crippen LogP) is 3.55. The van der Waals surface area contributed by atoms with Crippen LogP contribution in [0.2, 0.25) is 0 Å². The summed E-state index contributed by atoms with van der Waals surface area (Å²) in [4.78, 5) is 20.1. The molecule has 0 fully saturated rings. The summed E-state index contributed by atoms with van der Waals surface area (Å²) in [6, 6.07) is 0. The molecule has 0 saturated carbocycles. The molecule has 0 saturated heterocycles. The van der Waals surface area contributed by atoms with Crippen molar-refractivity contribution >= 4 is 11.9 Å². The van der Waals surface area contributed by atoms with Gasteiger partial charge in [-0.25, -0.2) is 0 Å². The third-order valence-corrected chi connectivity index (χ3v) is 2.41. The molecule has 0 rings (SSSR count). The van der Waals surface area contributed by atoms with Gasteiger partial charge in [0.25, 0.3) is 0 Å². The van der Waals surface area contributed by atoms with E-state index in [9.17, 15) is 9.59 Å². The first kappa shape index (κ1) is 18.3. The first-order valence-corrected chi connectivity index (χ1v) is 6.40. The molecule has 0 amide bonds. The van der Waals surface area contributed by atoms with Crippen LogP contribution in [0, 0.1) is 5.92 Å². The molecule has 0 aliphatic heterocycles. The van der Waals surface area contributed by atoms with E-state index in [-0.39, 0.29) is 5.92 Å². The summed E-state index contributed by atoms with van der Waals surface area (Å²) in [5.41, 5.74) is 0. The van der Waals surface area contributed by atoms with Gasteiger partial charge in [0.2, 0.25) is 0 Å². The molecule has 2 N–H and O–H groups in total. The molecule has 0 aliphatic rings. The maximum absolute atomic E-state index is 10.2. The summed E-state index contributed by atoms with van der Waals surface area (Å²) in [5, 5.41) is 16.5. The molecule has 4 heteroatoms. The molecule has 102 valence electrons. The van der Waals surface area contributed by atoms with Crippen LogP contribution in [0.4, 0.5) is 0 Å². The van der Waals surface area contributed by atoms with Gasteiger partial charge in [-0.15, -0.1) is 0 Å². The lowest BCUT2D eigenvalue weighted by Gasteiger charge is -2.02. The van der Waals surface area contributed by atoms with Crippen molar-refractivity contribution < 1.29 is 19.8 Å². The minimum Gasteiger partial charge on any atom is -0.481 e. The van der Waals surface area contributed by atoms with E-state index in [2.05, 4.69) is 13.8 Å². The molecule has 1 atom stereocenters. The molecular formula is C13H26O4. The highest BCUT2D eigenvalue weighted by Crippen LogP contribution is 2.06. The third kappa shape index (κ3) is 17.5. The Labute approximate surface area is 104 Å². The van der Waals surface area contributed by atoms with Gasteiger partial charge in [0.1, 0.15) is 0 Å². The minimum atomic E-state index is -0.682. The van der Waals surface area contributed by atoms with Crippen LogP contribution >= 0.6 is 0 Å². The number of hydrogen-bond donors (Lipinski definition) is 2. The summed E-state index contributed by atoms with van der Waals surface area (Å²) < 4.78 is 0. The van der Waals surface area contributed by atoms with E-state index in [0.717, 1.165) is 38.5 Å². The van der Waals surface area contributed by atoms with E-state index in [4.69, 9.17) is 10.2 Å². The van der Waals surface area contributed by atoms with Gasteiger partial charge in [-0.1, -0.05) is 46.5 Å². The fourth-order valence-electron chi connectivity index (χ4n) is 1.16. The van der Waals surface area contributed by atoms with Gasteiger partial charge in [0.15, 0.2) is 0 Å². The van der Waals surface area contributed by atoms with E-state index < -0.39 is 11.9 Å². The van der Waals surface area contributed by atoms with Gasteiger partial charge < -0.3 is 10.2 Å². The molecule has 0 aromatic rings. The van der Waals surface area contributed by atoms with Crippen LogP contribution in [-0.4, -0.2) is 22.2 Å². The first-order valence-electron chi connectivity index (χ1n) is 6.40. The van der Waals surface area contributed by atoms with E-state index in [1.807, 2.05) is 0 Å². The largest absolute Gasteiger partial charge is 0.481 e. The molecule has 0 heterocycles.